The van der Waals surface area contributed by atoms with Gasteiger partial charge in [0.05, 0.1) is 0 Å². The van der Waals surface area contributed by atoms with Gasteiger partial charge < -0.3 is 10.6 Å². The Labute approximate surface area is 166 Å². The van der Waals surface area contributed by atoms with Crippen LogP contribution in [0.2, 0.25) is 0 Å². The van der Waals surface area contributed by atoms with Gasteiger partial charge >= 0.3 is 0 Å². The van der Waals surface area contributed by atoms with E-state index in [2.05, 4.69) is 64.3 Å². The second-order valence-corrected chi connectivity index (χ2v) is 7.63. The smallest absolute Gasteiger partial charge is 0.219 e. The minimum absolute atomic E-state index is 0.302. The van der Waals surface area contributed by atoms with E-state index in [1.807, 2.05) is 0 Å². The molecule has 3 heterocycles. The maximum Gasteiger partial charge on any atom is 0.219 e. The third-order valence-electron chi connectivity index (χ3n) is 5.46. The Morgan fingerprint density at radius 2 is 1.86 bits per heavy atom. The fourth-order valence-electron chi connectivity index (χ4n) is 3.99. The molecule has 2 N–H and O–H groups in total. The molecule has 0 aliphatic carbocycles. The standard InChI is InChI=1S/C23H27N5/c1-17-12-20(21-14-25-23(24)26-15-21)13-22(27-17)19-8-5-10-28(16-19)11-9-18-6-3-2-4-7-18/h2-4,6-7,12-15,19H,5,8-11,16H2,1H3,(H2,24,25,26). The number of aromatic nitrogens is 3. The molecule has 0 saturated carbocycles. The van der Waals surface area contributed by atoms with Gasteiger partial charge in [0.1, 0.15) is 0 Å². The van der Waals surface area contributed by atoms with Crippen molar-refractivity contribution in [2.75, 3.05) is 25.4 Å². The van der Waals surface area contributed by atoms with Crippen LogP contribution in [0.1, 0.15) is 35.7 Å². The Hall–Kier alpha value is -2.79. The monoisotopic (exact) mass is 373 g/mol. The normalized spacial score (nSPS) is 17.5. The average molecular weight is 374 g/mol. The SMILES string of the molecule is Cc1cc(-c2cnc(N)nc2)cc(C2CCCN(CCc3ccccc3)C2)n1. The summed E-state index contributed by atoms with van der Waals surface area (Å²) in [6.45, 7) is 5.40. The molecular formula is C23H27N5. The summed E-state index contributed by atoms with van der Waals surface area (Å²) in [7, 11) is 0. The van der Waals surface area contributed by atoms with Gasteiger partial charge in [0.25, 0.3) is 0 Å². The molecule has 0 bridgehead atoms. The van der Waals surface area contributed by atoms with Crippen molar-refractivity contribution in [1.29, 1.82) is 0 Å². The number of hydrogen-bond donors (Lipinski definition) is 1. The predicted molar refractivity (Wildman–Crippen MR) is 113 cm³/mol. The molecule has 0 spiro atoms. The molecule has 0 amide bonds. The van der Waals surface area contributed by atoms with Gasteiger partial charge in [0.2, 0.25) is 5.95 Å². The van der Waals surface area contributed by atoms with Crippen LogP contribution in [0.5, 0.6) is 0 Å². The van der Waals surface area contributed by atoms with E-state index in [0.29, 0.717) is 11.9 Å². The fourth-order valence-corrected chi connectivity index (χ4v) is 3.99. The third kappa shape index (κ3) is 4.54. The lowest BCUT2D eigenvalue weighted by atomic mass is 9.92. The highest BCUT2D eigenvalue weighted by Gasteiger charge is 2.23. The molecule has 5 nitrogen and oxygen atoms in total. The van der Waals surface area contributed by atoms with E-state index in [0.717, 1.165) is 36.3 Å². The second-order valence-electron chi connectivity index (χ2n) is 7.63. The van der Waals surface area contributed by atoms with Crippen LogP contribution in [0.15, 0.2) is 54.9 Å². The van der Waals surface area contributed by atoms with Crippen molar-refractivity contribution >= 4 is 5.95 Å². The van der Waals surface area contributed by atoms with Gasteiger partial charge in [0, 0.05) is 48.4 Å². The number of anilines is 1. The molecule has 1 aromatic carbocycles. The first-order valence-corrected chi connectivity index (χ1v) is 10.00. The Balaban J connectivity index is 1.47. The van der Waals surface area contributed by atoms with Crippen LogP contribution in [-0.2, 0) is 6.42 Å². The molecule has 144 valence electrons. The van der Waals surface area contributed by atoms with E-state index in [1.165, 1.54) is 30.6 Å². The number of nitrogens with two attached hydrogens (primary N) is 1. The van der Waals surface area contributed by atoms with E-state index < -0.39 is 0 Å². The number of pyridine rings is 1. The third-order valence-corrected chi connectivity index (χ3v) is 5.46. The minimum atomic E-state index is 0.302. The quantitative estimate of drug-likeness (QED) is 0.736. The summed E-state index contributed by atoms with van der Waals surface area (Å²) in [5, 5.41) is 0. The first kappa shape index (κ1) is 18.6. The van der Waals surface area contributed by atoms with Crippen molar-refractivity contribution in [2.45, 2.75) is 32.1 Å². The maximum atomic E-state index is 5.63. The lowest BCUT2D eigenvalue weighted by Gasteiger charge is -2.32. The molecule has 1 aliphatic rings. The summed E-state index contributed by atoms with van der Waals surface area (Å²) in [6, 6.07) is 15.0. The fraction of sp³-hybridized carbons (Fsp3) is 0.348. The van der Waals surface area contributed by atoms with E-state index >= 15 is 0 Å². The molecule has 1 fully saturated rings. The minimum Gasteiger partial charge on any atom is -0.368 e. The summed E-state index contributed by atoms with van der Waals surface area (Å²) in [5.74, 6) is 0.772. The van der Waals surface area contributed by atoms with Crippen molar-refractivity contribution in [2.24, 2.45) is 0 Å². The number of piperidine rings is 1. The zero-order valence-corrected chi connectivity index (χ0v) is 16.4. The summed E-state index contributed by atoms with van der Waals surface area (Å²) in [5.41, 5.74) is 11.3. The zero-order valence-electron chi connectivity index (χ0n) is 16.4. The van der Waals surface area contributed by atoms with Crippen molar-refractivity contribution in [3.05, 3.63) is 71.8 Å². The van der Waals surface area contributed by atoms with Crippen molar-refractivity contribution in [1.82, 2.24) is 19.9 Å². The zero-order chi connectivity index (χ0) is 19.3. The Morgan fingerprint density at radius 3 is 2.64 bits per heavy atom. The summed E-state index contributed by atoms with van der Waals surface area (Å²) in [4.78, 5) is 15.7. The molecule has 4 rings (SSSR count). The van der Waals surface area contributed by atoms with E-state index in [4.69, 9.17) is 10.7 Å². The number of nitrogens with zero attached hydrogens (tertiary/aromatic N) is 4. The molecular weight excluding hydrogens is 346 g/mol. The molecule has 1 atom stereocenters. The highest BCUT2D eigenvalue weighted by atomic mass is 15.1. The summed E-state index contributed by atoms with van der Waals surface area (Å²) >= 11 is 0. The first-order chi connectivity index (χ1) is 13.7. The molecule has 2 aromatic heterocycles. The molecule has 0 radical (unpaired) electrons. The number of benzene rings is 1. The number of nitrogen functional groups attached to an aromatic ring is 1. The molecule has 3 aromatic rings. The molecule has 5 heteroatoms. The van der Waals surface area contributed by atoms with Crippen LogP contribution >= 0.6 is 0 Å². The highest BCUT2D eigenvalue weighted by molar-refractivity contribution is 5.63. The van der Waals surface area contributed by atoms with Gasteiger partial charge in [-0.25, -0.2) is 9.97 Å². The van der Waals surface area contributed by atoms with Gasteiger partial charge in [-0.3, -0.25) is 4.98 Å². The van der Waals surface area contributed by atoms with Crippen LogP contribution in [0.25, 0.3) is 11.1 Å². The Bertz CT molecular complexity index is 908. The number of rotatable bonds is 5. The number of hydrogen-bond acceptors (Lipinski definition) is 5. The Kier molecular flexibility index (Phi) is 5.63. The first-order valence-electron chi connectivity index (χ1n) is 10.00. The highest BCUT2D eigenvalue weighted by Crippen LogP contribution is 2.29. The maximum absolute atomic E-state index is 5.63. The van der Waals surface area contributed by atoms with E-state index in [1.54, 1.807) is 12.4 Å². The second kappa shape index (κ2) is 8.48. The topological polar surface area (TPSA) is 67.9 Å². The van der Waals surface area contributed by atoms with Crippen LogP contribution in [0, 0.1) is 6.92 Å². The van der Waals surface area contributed by atoms with E-state index in [9.17, 15) is 0 Å². The van der Waals surface area contributed by atoms with Crippen molar-refractivity contribution in [3.8, 4) is 11.1 Å². The van der Waals surface area contributed by atoms with Gasteiger partial charge in [-0.05, 0) is 56.0 Å². The molecule has 28 heavy (non-hydrogen) atoms. The van der Waals surface area contributed by atoms with Gasteiger partial charge in [0.15, 0.2) is 0 Å². The summed E-state index contributed by atoms with van der Waals surface area (Å²) in [6.07, 6.45) is 7.08. The number of aryl methyl sites for hydroxylation is 1. The van der Waals surface area contributed by atoms with Crippen molar-refractivity contribution in [3.63, 3.8) is 0 Å². The van der Waals surface area contributed by atoms with Gasteiger partial charge in [-0.2, -0.15) is 0 Å². The summed E-state index contributed by atoms with van der Waals surface area (Å²) < 4.78 is 0. The van der Waals surface area contributed by atoms with E-state index in [-0.39, 0.29) is 0 Å². The molecule has 1 unspecified atom stereocenters. The lowest BCUT2D eigenvalue weighted by Crippen LogP contribution is -2.36. The largest absolute Gasteiger partial charge is 0.368 e. The molecule has 1 aliphatic heterocycles. The molecule has 1 saturated heterocycles. The van der Waals surface area contributed by atoms with Crippen LogP contribution in [-0.4, -0.2) is 39.5 Å². The predicted octanol–water partition coefficient (Wildman–Crippen LogP) is 3.85. The number of likely N-dealkylation sites (tertiary alicyclic amines) is 1. The average Bonchev–Trinajstić information content (AvgIpc) is 2.73. The van der Waals surface area contributed by atoms with Gasteiger partial charge in [-0.15, -0.1) is 0 Å². The van der Waals surface area contributed by atoms with Crippen LogP contribution < -0.4 is 5.73 Å². The van der Waals surface area contributed by atoms with Crippen LogP contribution in [0.4, 0.5) is 5.95 Å². The van der Waals surface area contributed by atoms with Crippen molar-refractivity contribution < 1.29 is 0 Å². The lowest BCUT2D eigenvalue weighted by molar-refractivity contribution is 0.208. The van der Waals surface area contributed by atoms with Gasteiger partial charge in [-0.1, -0.05) is 30.3 Å². The Morgan fingerprint density at radius 1 is 1.07 bits per heavy atom. The van der Waals surface area contributed by atoms with Crippen LogP contribution in [0.3, 0.4) is 0 Å².